The molecule has 0 saturated heterocycles. The highest BCUT2D eigenvalue weighted by molar-refractivity contribution is 6.06. The number of benzene rings is 1. The molecule has 0 fully saturated rings. The highest BCUT2D eigenvalue weighted by Gasteiger charge is 2.21. The van der Waals surface area contributed by atoms with Crippen molar-refractivity contribution in [2.45, 2.75) is 54.5 Å². The second-order valence-electron chi connectivity index (χ2n) is 7.46. The van der Waals surface area contributed by atoms with Crippen LogP contribution >= 0.6 is 0 Å². The molecule has 240 valence electrons. The number of terminal acetylenes is 1. The topological polar surface area (TPSA) is 137 Å². The maximum absolute atomic E-state index is 12.5. The van der Waals surface area contributed by atoms with Crippen LogP contribution in [0.3, 0.4) is 0 Å². The molecule has 0 aliphatic carbocycles. The van der Waals surface area contributed by atoms with Crippen molar-refractivity contribution in [2.24, 2.45) is 4.99 Å². The van der Waals surface area contributed by atoms with Crippen LogP contribution in [0.4, 0.5) is 0 Å². The van der Waals surface area contributed by atoms with Crippen molar-refractivity contribution in [3.05, 3.63) is 83.4 Å². The highest BCUT2D eigenvalue weighted by atomic mass is 16.5. The van der Waals surface area contributed by atoms with Gasteiger partial charge in [0.15, 0.2) is 0 Å². The molecule has 1 aromatic carbocycles. The minimum atomic E-state index is -0.476. The molecule has 0 aromatic heterocycles. The molecule has 1 amide bonds. The van der Waals surface area contributed by atoms with Gasteiger partial charge in [-0.1, -0.05) is 57.2 Å². The molecule has 0 unspecified atom stereocenters. The highest BCUT2D eigenvalue weighted by Crippen LogP contribution is 2.15. The fraction of sp³-hybridized carbons (Fsp3) is 0.364. The Labute approximate surface area is 259 Å². The summed E-state index contributed by atoms with van der Waals surface area (Å²) in [6, 6.07) is 9.72. The number of allylic oxidation sites excluding steroid dienone is 1. The lowest BCUT2D eigenvalue weighted by Gasteiger charge is -2.20. The van der Waals surface area contributed by atoms with E-state index in [1.54, 1.807) is 48.0 Å². The van der Waals surface area contributed by atoms with Crippen LogP contribution < -0.4 is 10.6 Å². The third-order valence-electron chi connectivity index (χ3n) is 4.73. The number of carbonyl (C=O) groups excluding carboxylic acids is 4. The number of amidine groups is 1. The Morgan fingerprint density at radius 3 is 1.88 bits per heavy atom. The number of aliphatic hydroxyl groups is 1. The van der Waals surface area contributed by atoms with Crippen molar-refractivity contribution < 1.29 is 29.0 Å². The monoisotopic (exact) mass is 600 g/mol. The van der Waals surface area contributed by atoms with E-state index in [1.165, 1.54) is 4.90 Å². The van der Waals surface area contributed by atoms with Crippen molar-refractivity contribution >= 4 is 31.3 Å². The van der Waals surface area contributed by atoms with Crippen molar-refractivity contribution in [3.63, 3.8) is 0 Å². The molecule has 0 aliphatic rings. The summed E-state index contributed by atoms with van der Waals surface area (Å²) in [4.78, 5) is 46.6. The zero-order valence-corrected chi connectivity index (χ0v) is 27.5. The lowest BCUT2D eigenvalue weighted by atomic mass is 10.1. The van der Waals surface area contributed by atoms with E-state index in [0.717, 1.165) is 5.56 Å². The molecule has 0 saturated carbocycles. The normalized spacial score (nSPS) is 10.9. The fourth-order valence-corrected chi connectivity index (χ4v) is 2.93. The summed E-state index contributed by atoms with van der Waals surface area (Å²) in [5.74, 6) is -0.650. The van der Waals surface area contributed by atoms with Gasteiger partial charge in [-0.2, -0.15) is 0 Å². The first-order valence-electron chi connectivity index (χ1n) is 13.3. The third kappa shape index (κ3) is 19.7. The first-order chi connectivity index (χ1) is 20.7. The molecular formula is C33H52N4O6. The minimum absolute atomic E-state index is 0.187. The van der Waals surface area contributed by atoms with Crippen LogP contribution in [0.15, 0.2) is 82.9 Å². The van der Waals surface area contributed by atoms with E-state index >= 15 is 0 Å². The second-order valence-corrected chi connectivity index (χ2v) is 7.46. The second kappa shape index (κ2) is 33.3. The third-order valence-corrected chi connectivity index (χ3v) is 4.73. The predicted octanol–water partition coefficient (Wildman–Crippen LogP) is 5.15. The average molecular weight is 601 g/mol. The number of esters is 1. The van der Waals surface area contributed by atoms with Crippen LogP contribution in [0.25, 0.3) is 0 Å². The number of nitrogens with zero attached hydrogens (tertiary/aromatic N) is 2. The molecule has 10 nitrogen and oxygen atoms in total. The first-order valence-corrected chi connectivity index (χ1v) is 13.3. The number of rotatable bonds is 10. The molecule has 0 heterocycles. The Balaban J connectivity index is -0.000000433. The van der Waals surface area contributed by atoms with Crippen molar-refractivity contribution in [1.82, 2.24) is 15.5 Å². The number of hydrogen-bond acceptors (Lipinski definition) is 8. The number of likely N-dealkylation sites (N-methyl/N-ethyl adjacent to an activating group) is 1. The quantitative estimate of drug-likeness (QED) is 0.0490. The fourth-order valence-electron chi connectivity index (χ4n) is 2.93. The molecule has 1 rings (SSSR count). The molecule has 43 heavy (non-hydrogen) atoms. The minimum Gasteiger partial charge on any atom is -0.505 e. The molecule has 0 spiro atoms. The van der Waals surface area contributed by atoms with Crippen LogP contribution in [-0.4, -0.2) is 69.0 Å². The lowest BCUT2D eigenvalue weighted by Crippen LogP contribution is -2.35. The van der Waals surface area contributed by atoms with E-state index in [0.29, 0.717) is 35.8 Å². The maximum atomic E-state index is 12.5. The average Bonchev–Trinajstić information content (AvgIpc) is 3.07. The van der Waals surface area contributed by atoms with E-state index in [2.05, 4.69) is 41.6 Å². The summed E-state index contributed by atoms with van der Waals surface area (Å²) < 4.78 is 5.18. The van der Waals surface area contributed by atoms with Gasteiger partial charge in [0.25, 0.3) is 5.91 Å². The first kappa shape index (κ1) is 47.9. The van der Waals surface area contributed by atoms with E-state index in [9.17, 15) is 14.7 Å². The van der Waals surface area contributed by atoms with Gasteiger partial charge in [-0.3, -0.25) is 9.79 Å². The molecular weight excluding hydrogens is 548 g/mol. The number of carbonyl (C=O) groups is 4. The number of hydrogen-bond donors (Lipinski definition) is 3. The van der Waals surface area contributed by atoms with Crippen LogP contribution in [0, 0.1) is 12.8 Å². The number of aliphatic hydroxyl groups excluding tert-OH is 1. The van der Waals surface area contributed by atoms with Gasteiger partial charge in [0.1, 0.15) is 25.2 Å². The zero-order valence-electron chi connectivity index (χ0n) is 27.5. The van der Waals surface area contributed by atoms with Crippen LogP contribution in [0.1, 0.15) is 53.5 Å². The van der Waals surface area contributed by atoms with E-state index in [-0.39, 0.29) is 23.8 Å². The van der Waals surface area contributed by atoms with Gasteiger partial charge in [0.05, 0.1) is 29.1 Å². The van der Waals surface area contributed by atoms with Crippen LogP contribution in [-0.2, 0) is 30.5 Å². The Bertz CT molecular complexity index is 1040. The van der Waals surface area contributed by atoms with Crippen molar-refractivity contribution in [2.75, 3.05) is 27.7 Å². The van der Waals surface area contributed by atoms with Gasteiger partial charge in [0, 0.05) is 27.7 Å². The molecule has 0 bridgehead atoms. The summed E-state index contributed by atoms with van der Waals surface area (Å²) >= 11 is 0. The van der Waals surface area contributed by atoms with Gasteiger partial charge in [-0.05, 0) is 32.8 Å². The number of ether oxygens (including phenoxy) is 1. The van der Waals surface area contributed by atoms with Gasteiger partial charge in [-0.15, -0.1) is 26.0 Å². The van der Waals surface area contributed by atoms with E-state index < -0.39 is 5.97 Å². The number of aliphatic imine (C=N–C) groups is 1. The molecule has 3 N–H and O–H groups in total. The summed E-state index contributed by atoms with van der Waals surface area (Å²) in [5, 5.41) is 17.2. The predicted molar refractivity (Wildman–Crippen MR) is 178 cm³/mol. The summed E-state index contributed by atoms with van der Waals surface area (Å²) in [7, 11) is 4.81. The van der Waals surface area contributed by atoms with E-state index in [4.69, 9.17) is 14.3 Å². The summed E-state index contributed by atoms with van der Waals surface area (Å²) in [6.07, 6.45) is 10.3. The molecule has 0 atom stereocenters. The van der Waals surface area contributed by atoms with Crippen LogP contribution in [0.2, 0.25) is 0 Å². The molecule has 0 aliphatic heterocycles. The Kier molecular flexibility index (Phi) is 37.1. The summed E-state index contributed by atoms with van der Waals surface area (Å²) in [6.45, 7) is 21.5. The summed E-state index contributed by atoms with van der Waals surface area (Å²) in [5.41, 5.74) is 2.29. The molecule has 0 radical (unpaired) electrons. The van der Waals surface area contributed by atoms with Gasteiger partial charge >= 0.3 is 5.97 Å². The number of nitrogens with one attached hydrogen (secondary N) is 2. The number of amides is 1. The maximum Gasteiger partial charge on any atom is 0.335 e. The van der Waals surface area contributed by atoms with Gasteiger partial charge in [0.2, 0.25) is 0 Å². The standard InChI is InChI=1S/C25H36N4O4.C2H6.C2H4.C2H2.2CH2O/c1-8-13-20(22(30)18(4)24(31)29(6)7)28-23(26-5)21(17(3)25(32)33-9-2)27-16-19-14-11-10-12-15-19;5*1-2/h10-15,27,30H,8-9,16H2,1-7H3,(H,26,28);1-2H3;1-2H2;1-2H;2*1H2/b20-13+,21-17-,22-18-;;;;;. The molecule has 1 aromatic rings. The molecule has 10 heteroatoms. The zero-order chi connectivity index (χ0) is 35.0. The van der Waals surface area contributed by atoms with Gasteiger partial charge in [-0.25, -0.2) is 4.79 Å². The van der Waals surface area contributed by atoms with Gasteiger partial charge < -0.3 is 35.0 Å². The Hall–Kier alpha value is -4.91. The van der Waals surface area contributed by atoms with E-state index in [1.807, 2.05) is 64.7 Å². The smallest absolute Gasteiger partial charge is 0.335 e. The largest absolute Gasteiger partial charge is 0.505 e. The van der Waals surface area contributed by atoms with Crippen LogP contribution in [0.5, 0.6) is 0 Å². The lowest BCUT2D eigenvalue weighted by molar-refractivity contribution is -0.138. The Morgan fingerprint density at radius 1 is 1.00 bits per heavy atom. The van der Waals surface area contributed by atoms with Crippen molar-refractivity contribution in [3.8, 4) is 12.8 Å². The Morgan fingerprint density at radius 2 is 1.49 bits per heavy atom. The van der Waals surface area contributed by atoms with Crippen molar-refractivity contribution in [1.29, 1.82) is 0 Å². The SMILES string of the molecule is C#C.C=C.C=O.C=O.CC.CC/C=C(NC(=NC)/C(NCc1ccccc1)=C(\C)C(=O)OCC)\C(O)=C(/C)C(=O)N(C)C.